The van der Waals surface area contributed by atoms with Gasteiger partial charge in [-0.25, -0.2) is 9.28 Å². The Morgan fingerprint density at radius 2 is 2.21 bits per heavy atom. The van der Waals surface area contributed by atoms with Gasteiger partial charge in [-0.3, -0.25) is 14.3 Å². The second-order valence-corrected chi connectivity index (χ2v) is 5.01. The first-order valence-corrected chi connectivity index (χ1v) is 6.35. The van der Waals surface area contributed by atoms with Crippen LogP contribution in [-0.2, 0) is 7.05 Å². The van der Waals surface area contributed by atoms with Crippen molar-refractivity contribution in [2.45, 2.75) is 19.3 Å². The van der Waals surface area contributed by atoms with Crippen molar-refractivity contribution in [2.24, 2.45) is 12.0 Å². The highest BCUT2D eigenvalue weighted by Gasteiger charge is 2.36. The standard InChI is InChI=1S/C13H18N4O2/c1-4-5-6-7-8-17(3)9-14-11-10(17)12(18)15-13(19)16(11)2/h4,9H,1,5-8H2,2-3H3/p+1. The predicted molar refractivity (Wildman–Crippen MR) is 77.1 cm³/mol. The van der Waals surface area contributed by atoms with Gasteiger partial charge in [0.1, 0.15) is 0 Å². The highest BCUT2D eigenvalue weighted by molar-refractivity contribution is 5.86. The normalized spacial score (nSPS) is 20.5. The maximum atomic E-state index is 12.0. The van der Waals surface area contributed by atoms with Gasteiger partial charge in [0.25, 0.3) is 0 Å². The Balaban J connectivity index is 2.33. The molecule has 0 spiro atoms. The van der Waals surface area contributed by atoms with Crippen LogP contribution in [0.2, 0.25) is 0 Å². The molecule has 0 radical (unpaired) electrons. The van der Waals surface area contributed by atoms with E-state index in [1.165, 1.54) is 4.57 Å². The van der Waals surface area contributed by atoms with Gasteiger partial charge in [-0.1, -0.05) is 6.08 Å². The van der Waals surface area contributed by atoms with Crippen LogP contribution in [0.15, 0.2) is 27.2 Å². The van der Waals surface area contributed by atoms with Crippen LogP contribution in [0.25, 0.3) is 0 Å². The zero-order valence-electron chi connectivity index (χ0n) is 11.3. The molecular formula is C13H19N4O2+. The van der Waals surface area contributed by atoms with E-state index >= 15 is 0 Å². The third-order valence-electron chi connectivity index (χ3n) is 3.50. The van der Waals surface area contributed by atoms with Crippen LogP contribution >= 0.6 is 0 Å². The summed E-state index contributed by atoms with van der Waals surface area (Å²) < 4.78 is 1.72. The summed E-state index contributed by atoms with van der Waals surface area (Å²) in [5.41, 5.74) is -0.233. The molecule has 0 aromatic carbocycles. The van der Waals surface area contributed by atoms with Crippen molar-refractivity contribution < 1.29 is 0 Å². The van der Waals surface area contributed by atoms with Crippen molar-refractivity contribution in [3.05, 3.63) is 33.5 Å². The minimum absolute atomic E-state index is 0.343. The lowest BCUT2D eigenvalue weighted by Crippen LogP contribution is -2.47. The van der Waals surface area contributed by atoms with Gasteiger partial charge in [-0.2, -0.15) is 4.99 Å². The minimum atomic E-state index is -0.430. The summed E-state index contributed by atoms with van der Waals surface area (Å²) in [6, 6.07) is 0. The quantitative estimate of drug-likeness (QED) is 0.490. The molecule has 0 saturated heterocycles. The largest absolute Gasteiger partial charge is 0.330 e. The maximum Gasteiger partial charge on any atom is 0.330 e. The lowest BCUT2D eigenvalue weighted by Gasteiger charge is -2.24. The van der Waals surface area contributed by atoms with E-state index in [1.54, 1.807) is 13.4 Å². The molecular weight excluding hydrogens is 244 g/mol. The molecule has 0 saturated carbocycles. The molecule has 0 amide bonds. The van der Waals surface area contributed by atoms with E-state index in [2.05, 4.69) is 16.6 Å². The molecule has 1 atom stereocenters. The van der Waals surface area contributed by atoms with E-state index in [0.29, 0.717) is 16.0 Å². The molecule has 1 aliphatic rings. The van der Waals surface area contributed by atoms with Crippen LogP contribution in [0, 0.1) is 0 Å². The maximum absolute atomic E-state index is 12.0. The number of fused-ring (bicyclic) bond motifs is 1. The average molecular weight is 263 g/mol. The lowest BCUT2D eigenvalue weighted by atomic mass is 10.2. The summed E-state index contributed by atoms with van der Waals surface area (Å²) in [6.07, 6.45) is 6.59. The second kappa shape index (κ2) is 4.97. The number of aromatic nitrogens is 2. The summed E-state index contributed by atoms with van der Waals surface area (Å²) in [5.74, 6) is 0.458. The van der Waals surface area contributed by atoms with Crippen LogP contribution < -0.4 is 15.7 Å². The van der Waals surface area contributed by atoms with Gasteiger partial charge >= 0.3 is 11.2 Å². The van der Waals surface area contributed by atoms with E-state index < -0.39 is 5.69 Å². The molecule has 1 unspecified atom stereocenters. The zero-order valence-corrected chi connectivity index (χ0v) is 11.3. The molecule has 0 aliphatic carbocycles. The Morgan fingerprint density at radius 3 is 2.89 bits per heavy atom. The van der Waals surface area contributed by atoms with Gasteiger partial charge in [-0.05, 0) is 19.3 Å². The lowest BCUT2D eigenvalue weighted by molar-refractivity contribution is 0.479. The minimum Gasteiger partial charge on any atom is -0.276 e. The smallest absolute Gasteiger partial charge is 0.276 e. The average Bonchev–Trinajstić information content (AvgIpc) is 2.71. The molecule has 2 heterocycles. The van der Waals surface area contributed by atoms with Crippen molar-refractivity contribution in [3.63, 3.8) is 0 Å². The molecule has 6 nitrogen and oxygen atoms in total. The first-order valence-electron chi connectivity index (χ1n) is 6.35. The first kappa shape index (κ1) is 13.5. The van der Waals surface area contributed by atoms with Crippen molar-refractivity contribution in [1.82, 2.24) is 14.0 Å². The molecule has 102 valence electrons. The highest BCUT2D eigenvalue weighted by atomic mass is 16.2. The van der Waals surface area contributed by atoms with E-state index in [9.17, 15) is 9.59 Å². The summed E-state index contributed by atoms with van der Waals surface area (Å²) in [7, 11) is 3.55. The van der Waals surface area contributed by atoms with E-state index in [-0.39, 0.29) is 5.56 Å². The van der Waals surface area contributed by atoms with Crippen LogP contribution in [-0.4, -0.2) is 29.5 Å². The molecule has 1 aromatic rings. The number of nitrogens with one attached hydrogen (secondary N) is 1. The molecule has 19 heavy (non-hydrogen) atoms. The number of allylic oxidation sites excluding steroid dienone is 1. The van der Waals surface area contributed by atoms with Crippen LogP contribution in [0.5, 0.6) is 0 Å². The Hall–Kier alpha value is -1.95. The summed E-state index contributed by atoms with van der Waals surface area (Å²) in [6.45, 7) is 4.48. The molecule has 6 heteroatoms. The number of H-pyrrole nitrogens is 1. The Bertz CT molecular complexity index is 641. The molecule has 0 fully saturated rings. The highest BCUT2D eigenvalue weighted by Crippen LogP contribution is 2.31. The van der Waals surface area contributed by atoms with Crippen LogP contribution in [0.1, 0.15) is 19.3 Å². The number of aliphatic imine (C=N–C) groups is 1. The third kappa shape index (κ3) is 2.31. The van der Waals surface area contributed by atoms with Gasteiger partial charge < -0.3 is 0 Å². The topological polar surface area (TPSA) is 67.2 Å². The third-order valence-corrected chi connectivity index (χ3v) is 3.50. The van der Waals surface area contributed by atoms with Crippen molar-refractivity contribution >= 4 is 17.8 Å². The van der Waals surface area contributed by atoms with Gasteiger partial charge in [0, 0.05) is 7.05 Å². The van der Waals surface area contributed by atoms with Gasteiger partial charge in [0.2, 0.25) is 11.5 Å². The summed E-state index contributed by atoms with van der Waals surface area (Å²) in [5, 5.41) is 0. The summed E-state index contributed by atoms with van der Waals surface area (Å²) in [4.78, 5) is 30.1. The van der Waals surface area contributed by atoms with Crippen LogP contribution in [0.4, 0.5) is 11.5 Å². The monoisotopic (exact) mass is 263 g/mol. The fourth-order valence-corrected chi connectivity index (χ4v) is 2.34. The first-order chi connectivity index (χ1) is 8.99. The SMILES string of the molecule is C=CCCCC[N+]1(C)C=Nc2c1c(=O)[nH]c(=O)n2C. The van der Waals surface area contributed by atoms with E-state index in [0.717, 1.165) is 25.8 Å². The van der Waals surface area contributed by atoms with Crippen molar-refractivity contribution in [1.29, 1.82) is 0 Å². The number of aromatic amines is 1. The van der Waals surface area contributed by atoms with Gasteiger partial charge in [-0.15, -0.1) is 6.58 Å². The molecule has 1 aromatic heterocycles. The molecule has 0 bridgehead atoms. The summed E-state index contributed by atoms with van der Waals surface area (Å²) >= 11 is 0. The Morgan fingerprint density at radius 1 is 1.47 bits per heavy atom. The Labute approximate surface area is 111 Å². The molecule has 1 N–H and O–H groups in total. The second-order valence-electron chi connectivity index (χ2n) is 5.01. The predicted octanol–water partition coefficient (Wildman–Crippen LogP) is 1.04. The van der Waals surface area contributed by atoms with Crippen LogP contribution in [0.3, 0.4) is 0 Å². The van der Waals surface area contributed by atoms with E-state index in [1.807, 2.05) is 13.1 Å². The van der Waals surface area contributed by atoms with E-state index in [4.69, 9.17) is 0 Å². The number of quaternary nitrogens is 1. The number of hydrogen-bond donors (Lipinski definition) is 1. The number of unbranched alkanes of at least 4 members (excludes halogenated alkanes) is 2. The number of nitrogens with zero attached hydrogens (tertiary/aromatic N) is 3. The molecule has 1 aliphatic heterocycles. The fraction of sp³-hybridized carbons (Fsp3) is 0.462. The molecule has 2 rings (SSSR count). The van der Waals surface area contributed by atoms with Gasteiger partial charge in [0.05, 0.1) is 13.6 Å². The van der Waals surface area contributed by atoms with Crippen molar-refractivity contribution in [3.8, 4) is 0 Å². The number of hydrogen-bond acceptors (Lipinski definition) is 3. The Kier molecular flexibility index (Phi) is 3.53. The fourth-order valence-electron chi connectivity index (χ4n) is 2.34. The van der Waals surface area contributed by atoms with Crippen molar-refractivity contribution in [2.75, 3.05) is 13.6 Å². The zero-order chi connectivity index (χ0) is 14.0. The number of rotatable bonds is 5. The van der Waals surface area contributed by atoms with Gasteiger partial charge in [0.15, 0.2) is 6.34 Å².